The maximum atomic E-state index is 12.7. The van der Waals surface area contributed by atoms with Gasteiger partial charge >= 0.3 is 6.09 Å². The molecular weight excluding hydrogens is 446 g/mol. The van der Waals surface area contributed by atoms with E-state index in [1.54, 1.807) is 41.5 Å². The Morgan fingerprint density at radius 1 is 1.09 bits per heavy atom. The van der Waals surface area contributed by atoms with Gasteiger partial charge in [-0.2, -0.15) is 0 Å². The molecule has 1 heterocycles. The summed E-state index contributed by atoms with van der Waals surface area (Å²) in [6, 6.07) is 9.78. The van der Waals surface area contributed by atoms with E-state index in [9.17, 15) is 14.4 Å². The van der Waals surface area contributed by atoms with Gasteiger partial charge in [0.2, 0.25) is 5.91 Å². The minimum atomic E-state index is -1.30. The van der Waals surface area contributed by atoms with Gasteiger partial charge < -0.3 is 20.3 Å². The highest BCUT2D eigenvalue weighted by atomic mass is 35.5. The Balaban J connectivity index is 1.75. The van der Waals surface area contributed by atoms with Crippen LogP contribution in [-0.4, -0.2) is 39.0 Å². The predicted molar refractivity (Wildman–Crippen MR) is 128 cm³/mol. The lowest BCUT2D eigenvalue weighted by Crippen LogP contribution is -2.19. The van der Waals surface area contributed by atoms with Crippen LogP contribution < -0.4 is 16.0 Å². The fourth-order valence-electron chi connectivity index (χ4n) is 3.04. The fraction of sp³-hybridized carbons (Fsp3) is 0.217. The molecule has 0 unspecified atom stereocenters. The van der Waals surface area contributed by atoms with E-state index in [2.05, 4.69) is 20.9 Å². The number of hydrogen-bond donors (Lipinski definition) is 4. The van der Waals surface area contributed by atoms with Crippen LogP contribution in [0.5, 0.6) is 0 Å². The SMILES string of the molecule is CC(C)CNc1cc(NC(=O)O)c(NC(=O)CC(=O)c2cccc(-n3ccnc3)c2)cc1Cl. The molecule has 3 aromatic rings. The number of hydrogen-bond acceptors (Lipinski definition) is 5. The number of amides is 2. The smallest absolute Gasteiger partial charge is 0.409 e. The highest BCUT2D eigenvalue weighted by Crippen LogP contribution is 2.33. The van der Waals surface area contributed by atoms with Gasteiger partial charge in [-0.3, -0.25) is 14.9 Å². The van der Waals surface area contributed by atoms with Crippen molar-refractivity contribution in [2.24, 2.45) is 5.92 Å². The molecule has 0 bridgehead atoms. The van der Waals surface area contributed by atoms with E-state index in [1.165, 1.54) is 12.1 Å². The number of ketones is 1. The molecule has 0 aliphatic heterocycles. The summed E-state index contributed by atoms with van der Waals surface area (Å²) in [5.74, 6) is -0.640. The van der Waals surface area contributed by atoms with E-state index in [4.69, 9.17) is 16.7 Å². The molecule has 33 heavy (non-hydrogen) atoms. The lowest BCUT2D eigenvalue weighted by atomic mass is 10.1. The standard InChI is InChI=1S/C23H24ClN5O4/c1-14(2)12-26-18-10-20(28-23(32)33)19(9-17(18)24)27-22(31)11-21(30)15-4-3-5-16(8-15)29-7-6-25-13-29/h3-10,13-14,26,28H,11-12H2,1-2H3,(H,27,31)(H,32,33). The summed E-state index contributed by atoms with van der Waals surface area (Å²) in [4.78, 5) is 40.5. The molecule has 2 amide bonds. The number of halogens is 1. The molecule has 2 aromatic carbocycles. The number of anilines is 3. The average Bonchev–Trinajstić information content (AvgIpc) is 3.29. The van der Waals surface area contributed by atoms with Gasteiger partial charge in [0.15, 0.2) is 5.78 Å². The van der Waals surface area contributed by atoms with Crippen LogP contribution in [0.4, 0.5) is 21.9 Å². The molecule has 0 atom stereocenters. The van der Waals surface area contributed by atoms with Crippen LogP contribution in [0.25, 0.3) is 5.69 Å². The summed E-state index contributed by atoms with van der Waals surface area (Å²) in [6.45, 7) is 4.67. The molecule has 0 fully saturated rings. The van der Waals surface area contributed by atoms with E-state index in [1.807, 2.05) is 19.9 Å². The Hall–Kier alpha value is -3.85. The summed E-state index contributed by atoms with van der Waals surface area (Å²) in [5, 5.41) is 17.4. The van der Waals surface area contributed by atoms with Gasteiger partial charge in [-0.25, -0.2) is 9.78 Å². The quantitative estimate of drug-likeness (QED) is 0.261. The topological polar surface area (TPSA) is 125 Å². The summed E-state index contributed by atoms with van der Waals surface area (Å²) < 4.78 is 1.75. The molecule has 0 radical (unpaired) electrons. The van der Waals surface area contributed by atoms with E-state index in [0.717, 1.165) is 5.69 Å². The minimum absolute atomic E-state index is 0.140. The number of carbonyl (C=O) groups excluding carboxylic acids is 2. The maximum absolute atomic E-state index is 12.7. The molecular formula is C23H24ClN5O4. The zero-order chi connectivity index (χ0) is 24.0. The highest BCUT2D eigenvalue weighted by molar-refractivity contribution is 6.34. The number of nitrogens with one attached hydrogen (secondary N) is 3. The molecule has 3 rings (SSSR count). The second-order valence-electron chi connectivity index (χ2n) is 7.75. The van der Waals surface area contributed by atoms with Crippen molar-refractivity contribution in [1.82, 2.24) is 9.55 Å². The molecule has 0 aliphatic carbocycles. The van der Waals surface area contributed by atoms with Gasteiger partial charge in [0.1, 0.15) is 0 Å². The first-order chi connectivity index (χ1) is 15.7. The summed E-state index contributed by atoms with van der Waals surface area (Å²) in [5.41, 5.74) is 1.93. The summed E-state index contributed by atoms with van der Waals surface area (Å²) in [7, 11) is 0. The maximum Gasteiger partial charge on any atom is 0.409 e. The predicted octanol–water partition coefficient (Wildman–Crippen LogP) is 4.90. The van der Waals surface area contributed by atoms with Crippen LogP contribution in [-0.2, 0) is 4.79 Å². The number of carboxylic acid groups (broad SMARTS) is 1. The lowest BCUT2D eigenvalue weighted by Gasteiger charge is -2.16. The number of imidazole rings is 1. The first-order valence-electron chi connectivity index (χ1n) is 10.2. The van der Waals surface area contributed by atoms with Gasteiger partial charge in [0.25, 0.3) is 0 Å². The van der Waals surface area contributed by atoms with Crippen LogP contribution in [0.3, 0.4) is 0 Å². The number of nitrogens with zero attached hydrogens (tertiary/aromatic N) is 2. The number of carbonyl (C=O) groups is 3. The van der Waals surface area contributed by atoms with Crippen molar-refractivity contribution >= 4 is 46.4 Å². The van der Waals surface area contributed by atoms with Crippen LogP contribution in [0.15, 0.2) is 55.1 Å². The molecule has 172 valence electrons. The van der Waals surface area contributed by atoms with Crippen molar-refractivity contribution in [3.05, 3.63) is 65.7 Å². The monoisotopic (exact) mass is 469 g/mol. The van der Waals surface area contributed by atoms with Crippen LogP contribution in [0.1, 0.15) is 30.6 Å². The zero-order valence-corrected chi connectivity index (χ0v) is 18.9. The molecule has 0 saturated heterocycles. The van der Waals surface area contributed by atoms with Crippen LogP contribution in [0.2, 0.25) is 5.02 Å². The zero-order valence-electron chi connectivity index (χ0n) is 18.1. The van der Waals surface area contributed by atoms with E-state index >= 15 is 0 Å². The molecule has 1 aromatic heterocycles. The third kappa shape index (κ3) is 6.56. The largest absolute Gasteiger partial charge is 0.465 e. The van der Waals surface area contributed by atoms with Crippen molar-refractivity contribution in [2.45, 2.75) is 20.3 Å². The van der Waals surface area contributed by atoms with Crippen molar-refractivity contribution in [2.75, 3.05) is 22.5 Å². The average molecular weight is 470 g/mol. The molecule has 0 aliphatic rings. The van der Waals surface area contributed by atoms with Gasteiger partial charge in [-0.1, -0.05) is 37.6 Å². The second kappa shape index (κ2) is 10.6. The Morgan fingerprint density at radius 2 is 1.85 bits per heavy atom. The van der Waals surface area contributed by atoms with Crippen molar-refractivity contribution in [3.8, 4) is 5.69 Å². The van der Waals surface area contributed by atoms with Gasteiger partial charge in [-0.05, 0) is 30.2 Å². The third-order valence-corrected chi connectivity index (χ3v) is 4.93. The van der Waals surface area contributed by atoms with Crippen LogP contribution >= 0.6 is 11.6 Å². The van der Waals surface area contributed by atoms with E-state index < -0.39 is 18.4 Å². The van der Waals surface area contributed by atoms with Gasteiger partial charge in [0.05, 0.1) is 34.8 Å². The molecule has 10 heteroatoms. The van der Waals surface area contributed by atoms with Gasteiger partial charge in [0, 0.05) is 30.2 Å². The van der Waals surface area contributed by atoms with Gasteiger partial charge in [-0.15, -0.1) is 0 Å². The van der Waals surface area contributed by atoms with E-state index in [0.29, 0.717) is 28.7 Å². The Bertz CT molecular complexity index is 1160. The first kappa shape index (κ1) is 23.8. The minimum Gasteiger partial charge on any atom is -0.465 e. The number of rotatable bonds is 9. The van der Waals surface area contributed by atoms with E-state index in [-0.39, 0.29) is 17.2 Å². The first-order valence-corrected chi connectivity index (χ1v) is 10.6. The van der Waals surface area contributed by atoms with Crippen molar-refractivity contribution in [3.63, 3.8) is 0 Å². The molecule has 0 spiro atoms. The Morgan fingerprint density at radius 3 is 2.52 bits per heavy atom. The Kier molecular flexibility index (Phi) is 7.68. The second-order valence-corrected chi connectivity index (χ2v) is 8.16. The molecule has 9 nitrogen and oxygen atoms in total. The molecule has 4 N–H and O–H groups in total. The number of aromatic nitrogens is 2. The van der Waals surface area contributed by atoms with Crippen molar-refractivity contribution in [1.29, 1.82) is 0 Å². The van der Waals surface area contributed by atoms with Crippen LogP contribution in [0, 0.1) is 5.92 Å². The lowest BCUT2D eigenvalue weighted by molar-refractivity contribution is -0.115. The number of Topliss-reactive ketones (excluding diaryl/α,β-unsaturated/α-hetero) is 1. The number of benzene rings is 2. The summed E-state index contributed by atoms with van der Waals surface area (Å²) in [6.07, 6.45) is 3.26. The Labute approximate surface area is 195 Å². The highest BCUT2D eigenvalue weighted by Gasteiger charge is 2.17. The fourth-order valence-corrected chi connectivity index (χ4v) is 3.27. The summed E-state index contributed by atoms with van der Waals surface area (Å²) >= 11 is 6.31. The van der Waals surface area contributed by atoms with Crippen molar-refractivity contribution < 1.29 is 19.5 Å². The normalized spacial score (nSPS) is 10.7. The molecule has 0 saturated carbocycles. The third-order valence-electron chi connectivity index (χ3n) is 4.62.